The number of hydrogen-bond donors (Lipinski definition) is 2. The molecular weight excluding hydrogens is 858 g/mol. The number of phosphoric ester groups is 1. The molecular formula is C57H90NO8P. The molecule has 2 atom stereocenters. The number of carbonyl (C=O) groups is 2. The number of allylic oxidation sites excluding steroid dienone is 24. The zero-order valence-corrected chi connectivity index (χ0v) is 42.5. The SMILES string of the molecule is CC/C=C\C/C=C\C/C=C\C/C=C\C/C=C\C/C=C\CCCCCCCCC(=O)OC(COC(=O)CCCC/C=C\C/C=C\C/C=C\C/C=C\C/C=C\C/C=C\CC)COP(=O)(O)OCCN. The van der Waals surface area contributed by atoms with Crippen LogP contribution in [-0.4, -0.2) is 49.3 Å². The number of esters is 2. The Morgan fingerprint density at radius 1 is 0.448 bits per heavy atom. The van der Waals surface area contributed by atoms with Gasteiger partial charge >= 0.3 is 19.8 Å². The Balaban J connectivity index is 4.23. The van der Waals surface area contributed by atoms with Crippen LogP contribution in [0.1, 0.15) is 168 Å². The summed E-state index contributed by atoms with van der Waals surface area (Å²) in [5.74, 6) is -0.912. The highest BCUT2D eigenvalue weighted by atomic mass is 31.2. The van der Waals surface area contributed by atoms with Crippen molar-refractivity contribution in [3.05, 3.63) is 146 Å². The van der Waals surface area contributed by atoms with Gasteiger partial charge in [0.2, 0.25) is 0 Å². The lowest BCUT2D eigenvalue weighted by atomic mass is 10.1. The maximum atomic E-state index is 12.7. The minimum Gasteiger partial charge on any atom is -0.462 e. The zero-order valence-electron chi connectivity index (χ0n) is 41.6. The number of phosphoric acid groups is 1. The van der Waals surface area contributed by atoms with Crippen molar-refractivity contribution in [2.75, 3.05) is 26.4 Å². The van der Waals surface area contributed by atoms with Crippen LogP contribution in [0.4, 0.5) is 0 Å². The van der Waals surface area contributed by atoms with Crippen molar-refractivity contribution >= 4 is 19.8 Å². The third-order valence-electron chi connectivity index (χ3n) is 9.72. The number of rotatable bonds is 45. The van der Waals surface area contributed by atoms with Crippen molar-refractivity contribution in [3.8, 4) is 0 Å². The van der Waals surface area contributed by atoms with Crippen LogP contribution in [0.15, 0.2) is 146 Å². The van der Waals surface area contributed by atoms with Crippen molar-refractivity contribution in [2.24, 2.45) is 5.73 Å². The van der Waals surface area contributed by atoms with E-state index in [0.717, 1.165) is 128 Å². The third-order valence-corrected chi connectivity index (χ3v) is 10.7. The Kier molecular flexibility index (Phi) is 48.1. The summed E-state index contributed by atoms with van der Waals surface area (Å²) in [6.45, 7) is 3.41. The van der Waals surface area contributed by atoms with Crippen LogP contribution >= 0.6 is 7.82 Å². The number of ether oxygens (including phenoxy) is 2. The van der Waals surface area contributed by atoms with Gasteiger partial charge in [-0.1, -0.05) is 185 Å². The van der Waals surface area contributed by atoms with Crippen molar-refractivity contribution in [1.29, 1.82) is 0 Å². The maximum absolute atomic E-state index is 12.7. The second-order valence-corrected chi connectivity index (χ2v) is 17.4. The quantitative estimate of drug-likeness (QED) is 0.0265. The first-order valence-electron chi connectivity index (χ1n) is 25.3. The average molecular weight is 948 g/mol. The first-order chi connectivity index (χ1) is 32.8. The lowest BCUT2D eigenvalue weighted by molar-refractivity contribution is -0.161. The summed E-state index contributed by atoms with van der Waals surface area (Å²) < 4.78 is 32.9. The highest BCUT2D eigenvalue weighted by molar-refractivity contribution is 7.47. The second-order valence-electron chi connectivity index (χ2n) is 15.9. The molecule has 0 aliphatic rings. The second kappa shape index (κ2) is 51.3. The van der Waals surface area contributed by atoms with Crippen molar-refractivity contribution in [3.63, 3.8) is 0 Å². The molecule has 0 saturated heterocycles. The van der Waals surface area contributed by atoms with E-state index in [1.807, 2.05) is 0 Å². The molecule has 2 unspecified atom stereocenters. The van der Waals surface area contributed by atoms with Crippen LogP contribution in [0, 0.1) is 0 Å². The van der Waals surface area contributed by atoms with Crippen LogP contribution in [0.25, 0.3) is 0 Å². The van der Waals surface area contributed by atoms with Gasteiger partial charge in [-0.05, 0) is 116 Å². The van der Waals surface area contributed by atoms with Gasteiger partial charge in [0, 0.05) is 19.4 Å². The van der Waals surface area contributed by atoms with E-state index >= 15 is 0 Å². The minimum absolute atomic E-state index is 0.0352. The summed E-state index contributed by atoms with van der Waals surface area (Å²) in [4.78, 5) is 35.1. The summed E-state index contributed by atoms with van der Waals surface area (Å²) in [7, 11) is -4.41. The highest BCUT2D eigenvalue weighted by Gasteiger charge is 2.26. The molecule has 9 nitrogen and oxygen atoms in total. The Hall–Kier alpha value is -4.11. The fraction of sp³-hybridized carbons (Fsp3) is 0.544. The molecule has 0 rings (SSSR count). The van der Waals surface area contributed by atoms with Crippen molar-refractivity contribution in [2.45, 2.75) is 174 Å². The van der Waals surface area contributed by atoms with Gasteiger partial charge in [0.25, 0.3) is 0 Å². The zero-order chi connectivity index (χ0) is 48.8. The number of unbranched alkanes of at least 4 members (excludes halogenated alkanes) is 8. The van der Waals surface area contributed by atoms with Crippen LogP contribution in [-0.2, 0) is 32.7 Å². The van der Waals surface area contributed by atoms with Gasteiger partial charge in [0.05, 0.1) is 13.2 Å². The van der Waals surface area contributed by atoms with Crippen molar-refractivity contribution in [1.82, 2.24) is 0 Å². The number of carbonyl (C=O) groups excluding carboxylic acids is 2. The van der Waals surface area contributed by atoms with E-state index < -0.39 is 32.5 Å². The van der Waals surface area contributed by atoms with Gasteiger partial charge in [-0.2, -0.15) is 0 Å². The molecule has 0 aromatic carbocycles. The average Bonchev–Trinajstić information content (AvgIpc) is 3.32. The van der Waals surface area contributed by atoms with E-state index in [1.54, 1.807) is 0 Å². The number of hydrogen-bond acceptors (Lipinski definition) is 8. The molecule has 0 bridgehead atoms. The highest BCUT2D eigenvalue weighted by Crippen LogP contribution is 2.43. The standard InChI is InChI=1S/C57H90NO8P/c1-3-5-7-9-11-13-15-17-19-21-23-25-26-27-28-30-32-34-36-38-40-42-44-46-48-50-57(60)66-55(54-65-67(61,62)64-52-51-58)53-63-56(59)49-47-45-43-41-39-37-35-33-31-29-24-22-20-18-16-14-12-10-8-6-4-2/h5-8,11-14,17-20,23-25,27-29,32-35,39,41,55H,3-4,9-10,15-16,21-22,26,30-31,36-38,40,42-54,58H2,1-2H3,(H,61,62)/b7-5-,8-6-,13-11-,14-12-,19-17-,20-18-,25-23-,28-27-,29-24-,34-32-,35-33-,41-39-. The van der Waals surface area contributed by atoms with E-state index in [2.05, 4.69) is 160 Å². The smallest absolute Gasteiger partial charge is 0.462 e. The van der Waals surface area contributed by atoms with E-state index in [1.165, 1.54) is 0 Å². The summed E-state index contributed by atoms with van der Waals surface area (Å²) in [6, 6.07) is 0. The lowest BCUT2D eigenvalue weighted by Gasteiger charge is -2.19. The molecule has 67 heavy (non-hydrogen) atoms. The Bertz CT molecular complexity index is 1600. The molecule has 0 radical (unpaired) electrons. The van der Waals surface area contributed by atoms with Crippen LogP contribution in [0.3, 0.4) is 0 Å². The van der Waals surface area contributed by atoms with Crippen molar-refractivity contribution < 1.29 is 37.6 Å². The number of nitrogens with two attached hydrogens (primary N) is 1. The molecule has 0 aromatic rings. The van der Waals surface area contributed by atoms with E-state index in [-0.39, 0.29) is 32.6 Å². The third kappa shape index (κ3) is 51.1. The first-order valence-corrected chi connectivity index (χ1v) is 26.8. The Labute approximate surface area is 407 Å². The molecule has 10 heteroatoms. The lowest BCUT2D eigenvalue weighted by Crippen LogP contribution is -2.29. The normalized spacial score (nSPS) is 14.4. The molecule has 0 heterocycles. The van der Waals surface area contributed by atoms with Gasteiger partial charge in [-0.15, -0.1) is 0 Å². The van der Waals surface area contributed by atoms with E-state index in [0.29, 0.717) is 12.8 Å². The molecule has 376 valence electrons. The van der Waals surface area contributed by atoms with E-state index in [4.69, 9.17) is 24.3 Å². The van der Waals surface area contributed by atoms with Gasteiger partial charge < -0.3 is 20.1 Å². The van der Waals surface area contributed by atoms with E-state index in [9.17, 15) is 19.0 Å². The molecule has 0 aliphatic heterocycles. The summed E-state index contributed by atoms with van der Waals surface area (Å²) in [5.41, 5.74) is 5.36. The van der Waals surface area contributed by atoms with Crippen LogP contribution < -0.4 is 5.73 Å². The largest absolute Gasteiger partial charge is 0.472 e. The first kappa shape index (κ1) is 62.9. The van der Waals surface area contributed by atoms with Gasteiger partial charge in [0.15, 0.2) is 6.10 Å². The maximum Gasteiger partial charge on any atom is 0.472 e. The molecule has 0 aliphatic carbocycles. The Morgan fingerprint density at radius 2 is 0.776 bits per heavy atom. The molecule has 3 N–H and O–H groups in total. The molecule has 0 saturated carbocycles. The van der Waals surface area contributed by atoms with Gasteiger partial charge in [-0.25, -0.2) is 4.57 Å². The molecule has 0 fully saturated rings. The monoisotopic (exact) mass is 948 g/mol. The van der Waals surface area contributed by atoms with Crippen LogP contribution in [0.2, 0.25) is 0 Å². The molecule has 0 aromatic heterocycles. The summed E-state index contributed by atoms with van der Waals surface area (Å²) in [6.07, 6.45) is 73.1. The summed E-state index contributed by atoms with van der Waals surface area (Å²) >= 11 is 0. The minimum atomic E-state index is -4.41. The van der Waals surface area contributed by atoms with Gasteiger partial charge in [-0.3, -0.25) is 18.6 Å². The Morgan fingerprint density at radius 3 is 1.18 bits per heavy atom. The fourth-order valence-electron chi connectivity index (χ4n) is 6.05. The summed E-state index contributed by atoms with van der Waals surface area (Å²) in [5, 5.41) is 0. The predicted molar refractivity (Wildman–Crippen MR) is 283 cm³/mol. The fourth-order valence-corrected chi connectivity index (χ4v) is 6.82. The van der Waals surface area contributed by atoms with Gasteiger partial charge in [0.1, 0.15) is 6.61 Å². The molecule has 0 amide bonds. The topological polar surface area (TPSA) is 134 Å². The predicted octanol–water partition coefficient (Wildman–Crippen LogP) is 15.6. The van der Waals surface area contributed by atoms with Crippen LogP contribution in [0.5, 0.6) is 0 Å². The molecule has 0 spiro atoms.